The third kappa shape index (κ3) is 10.6. The molecule has 0 saturated heterocycles. The van der Waals surface area contributed by atoms with Crippen molar-refractivity contribution in [1.82, 2.24) is 0 Å². The lowest BCUT2D eigenvalue weighted by molar-refractivity contribution is 0.0637. The quantitative estimate of drug-likeness (QED) is 0.171. The van der Waals surface area contributed by atoms with Gasteiger partial charge in [0.05, 0.1) is 0 Å². The highest BCUT2D eigenvalue weighted by Gasteiger charge is 2.45. The summed E-state index contributed by atoms with van der Waals surface area (Å²) in [6.45, 7) is 9.00. The monoisotopic (exact) mass is 396 g/mol. The van der Waals surface area contributed by atoms with Gasteiger partial charge in [0.2, 0.25) is 0 Å². The molecule has 0 aromatic rings. The summed E-state index contributed by atoms with van der Waals surface area (Å²) < 4.78 is 19.4. The molecule has 0 amide bonds. The Morgan fingerprint density at radius 2 is 1.11 bits per heavy atom. The highest BCUT2D eigenvalue weighted by Crippen LogP contribution is 2.28. The van der Waals surface area contributed by atoms with Crippen LogP contribution < -0.4 is 0 Å². The zero-order valence-corrected chi connectivity index (χ0v) is 19.3. The smallest absolute Gasteiger partial charge is 0.370 e. The van der Waals surface area contributed by atoms with Crippen LogP contribution >= 0.6 is 0 Å². The normalized spacial score (nSPS) is 14.1. The van der Waals surface area contributed by atoms with E-state index in [0.717, 1.165) is 45.5 Å². The first-order chi connectivity index (χ1) is 13.3. The summed E-state index contributed by atoms with van der Waals surface area (Å²) in [5, 5.41) is 1.25. The molecule has 0 spiro atoms. The lowest BCUT2D eigenvalue weighted by Crippen LogP contribution is -2.49. The first-order valence-electron chi connectivity index (χ1n) is 11.6. The highest BCUT2D eigenvalue weighted by atomic mass is 28.4. The summed E-state index contributed by atoms with van der Waals surface area (Å²) >= 11 is 0. The number of hydrogen-bond acceptors (Lipinski definition) is 3. The molecule has 4 heteroatoms. The molecule has 0 radical (unpaired) electrons. The molecule has 0 aromatic carbocycles. The lowest BCUT2D eigenvalue weighted by atomic mass is 10.2. The van der Waals surface area contributed by atoms with Crippen LogP contribution in [0.3, 0.4) is 0 Å². The first kappa shape index (κ1) is 24.6. The van der Waals surface area contributed by atoms with Crippen molar-refractivity contribution in [3.63, 3.8) is 0 Å². The van der Waals surface area contributed by atoms with E-state index >= 15 is 0 Å². The van der Waals surface area contributed by atoms with Gasteiger partial charge in [0.1, 0.15) is 0 Å². The van der Waals surface area contributed by atoms with Crippen molar-refractivity contribution < 1.29 is 13.3 Å². The molecule has 0 aliphatic heterocycles. The number of unbranched alkanes of at least 4 members (excludes halogenated alkanes) is 9. The number of rotatable bonds is 19. The molecule has 3 nitrogen and oxygen atoms in total. The van der Waals surface area contributed by atoms with E-state index in [-0.39, 0.29) is 0 Å². The predicted octanol–water partition coefficient (Wildman–Crippen LogP) is 7.14. The minimum atomic E-state index is -2.74. The van der Waals surface area contributed by atoms with E-state index in [9.17, 15) is 0 Å². The van der Waals surface area contributed by atoms with Crippen LogP contribution in [0.2, 0.25) is 0 Å². The molecule has 1 aliphatic rings. The first-order valence-corrected chi connectivity index (χ1v) is 13.3. The van der Waals surface area contributed by atoms with E-state index in [4.69, 9.17) is 13.3 Å². The maximum atomic E-state index is 6.46. The molecular weight excluding hydrogens is 352 g/mol. The van der Waals surface area contributed by atoms with E-state index < -0.39 is 8.80 Å². The Morgan fingerprint density at radius 3 is 1.44 bits per heavy atom. The van der Waals surface area contributed by atoms with Crippen LogP contribution in [-0.4, -0.2) is 28.6 Å². The van der Waals surface area contributed by atoms with Crippen molar-refractivity contribution in [2.75, 3.05) is 19.8 Å². The van der Waals surface area contributed by atoms with Crippen molar-refractivity contribution in [3.8, 4) is 0 Å². The lowest BCUT2D eigenvalue weighted by Gasteiger charge is -2.31. The molecule has 0 unspecified atom stereocenters. The summed E-state index contributed by atoms with van der Waals surface area (Å²) in [7, 11) is -2.74. The van der Waals surface area contributed by atoms with Crippen LogP contribution in [0.1, 0.15) is 104 Å². The molecule has 0 saturated carbocycles. The molecule has 0 fully saturated rings. The molecule has 0 N–H and O–H groups in total. The van der Waals surface area contributed by atoms with Gasteiger partial charge in [-0.2, -0.15) is 0 Å². The van der Waals surface area contributed by atoms with Gasteiger partial charge < -0.3 is 13.3 Å². The molecule has 1 rings (SSSR count). The van der Waals surface area contributed by atoms with Gasteiger partial charge in [0.25, 0.3) is 0 Å². The Balaban J connectivity index is 2.63. The zero-order chi connectivity index (χ0) is 19.6. The summed E-state index contributed by atoms with van der Waals surface area (Å²) in [5.41, 5.74) is 0. The largest absolute Gasteiger partial charge is 0.533 e. The molecule has 0 atom stereocenters. The van der Waals surface area contributed by atoms with Crippen LogP contribution in [-0.2, 0) is 13.3 Å². The topological polar surface area (TPSA) is 27.7 Å². The molecular formula is C23H44O3Si. The average Bonchev–Trinajstić information content (AvgIpc) is 3.22. The van der Waals surface area contributed by atoms with E-state index in [1.165, 1.54) is 63.0 Å². The highest BCUT2D eigenvalue weighted by molar-refractivity contribution is 6.69. The van der Waals surface area contributed by atoms with Gasteiger partial charge in [0.15, 0.2) is 0 Å². The second kappa shape index (κ2) is 16.5. The number of hydrogen-bond donors (Lipinski definition) is 0. The fourth-order valence-corrected chi connectivity index (χ4v) is 6.00. The predicted molar refractivity (Wildman–Crippen MR) is 118 cm³/mol. The van der Waals surface area contributed by atoms with Gasteiger partial charge in [-0.25, -0.2) is 0 Å². The van der Waals surface area contributed by atoms with Gasteiger partial charge in [-0.15, -0.1) is 0 Å². The van der Waals surface area contributed by atoms with E-state index in [0.29, 0.717) is 0 Å². The molecule has 0 aromatic heterocycles. The standard InChI is InChI=1S/C23H44O3Si/c1-4-7-10-15-20-24-27(23-18-13-14-19-23,25-21-16-11-8-5-2)26-22-17-12-9-6-3/h13-14,18H,4-12,15-17,19-22H2,1-3H3. The van der Waals surface area contributed by atoms with Crippen molar-refractivity contribution in [1.29, 1.82) is 0 Å². The summed E-state index contributed by atoms with van der Waals surface area (Å²) in [6, 6.07) is 0. The van der Waals surface area contributed by atoms with Crippen molar-refractivity contribution in [2.24, 2.45) is 0 Å². The summed E-state index contributed by atoms with van der Waals surface area (Å²) in [6.07, 6.45) is 22.0. The minimum absolute atomic E-state index is 0.757. The molecule has 1 aliphatic carbocycles. The third-order valence-corrected chi connectivity index (χ3v) is 7.94. The van der Waals surface area contributed by atoms with E-state index in [2.05, 4.69) is 39.0 Å². The third-order valence-electron chi connectivity index (χ3n) is 5.03. The second-order valence-corrected chi connectivity index (χ2v) is 10.2. The molecule has 158 valence electrons. The molecule has 0 heterocycles. The Bertz CT molecular complexity index is 370. The van der Waals surface area contributed by atoms with E-state index in [1.807, 2.05) is 0 Å². The van der Waals surface area contributed by atoms with Crippen LogP contribution in [0, 0.1) is 0 Å². The maximum absolute atomic E-state index is 6.46. The fourth-order valence-electron chi connectivity index (χ4n) is 3.28. The van der Waals surface area contributed by atoms with Gasteiger partial charge in [-0.05, 0) is 25.7 Å². The van der Waals surface area contributed by atoms with Crippen molar-refractivity contribution in [2.45, 2.75) is 104 Å². The van der Waals surface area contributed by atoms with Crippen LogP contribution in [0.5, 0.6) is 0 Å². The molecule has 0 bridgehead atoms. The van der Waals surface area contributed by atoms with Crippen LogP contribution in [0.15, 0.2) is 23.4 Å². The molecule has 27 heavy (non-hydrogen) atoms. The minimum Gasteiger partial charge on any atom is -0.370 e. The Morgan fingerprint density at radius 1 is 0.667 bits per heavy atom. The van der Waals surface area contributed by atoms with Crippen LogP contribution in [0.25, 0.3) is 0 Å². The van der Waals surface area contributed by atoms with Crippen molar-refractivity contribution >= 4 is 8.80 Å². The zero-order valence-electron chi connectivity index (χ0n) is 18.3. The Labute approximate surface area is 169 Å². The van der Waals surface area contributed by atoms with Gasteiger partial charge in [-0.3, -0.25) is 0 Å². The SMILES string of the molecule is CCCCCCO[Si](OCCCCCC)(OCCCCCC)C1=CC=CC1. The summed E-state index contributed by atoms with van der Waals surface area (Å²) in [5.74, 6) is 0. The second-order valence-electron chi connectivity index (χ2n) is 7.61. The maximum Gasteiger partial charge on any atom is 0.533 e. The number of allylic oxidation sites excluding steroid dienone is 4. The van der Waals surface area contributed by atoms with Crippen LogP contribution in [0.4, 0.5) is 0 Å². The summed E-state index contributed by atoms with van der Waals surface area (Å²) in [4.78, 5) is 0. The Hall–Kier alpha value is -0.423. The van der Waals surface area contributed by atoms with E-state index in [1.54, 1.807) is 0 Å². The van der Waals surface area contributed by atoms with Gasteiger partial charge in [0, 0.05) is 25.0 Å². The van der Waals surface area contributed by atoms with Gasteiger partial charge >= 0.3 is 8.80 Å². The average molecular weight is 397 g/mol. The Kier molecular flexibility index (Phi) is 15.1. The fraction of sp³-hybridized carbons (Fsp3) is 0.826. The van der Waals surface area contributed by atoms with Crippen molar-refractivity contribution in [3.05, 3.63) is 23.4 Å². The van der Waals surface area contributed by atoms with Gasteiger partial charge in [-0.1, -0.05) is 96.8 Å².